The lowest BCUT2D eigenvalue weighted by molar-refractivity contribution is 0.00000181. The van der Waals surface area contributed by atoms with Crippen molar-refractivity contribution in [3.63, 3.8) is 0 Å². The number of hydrogen-bond donors (Lipinski definition) is 1. The van der Waals surface area contributed by atoms with Gasteiger partial charge in [0.25, 0.3) is 0 Å². The summed E-state index contributed by atoms with van der Waals surface area (Å²) >= 11 is 0. The van der Waals surface area contributed by atoms with Gasteiger partial charge in [-0.1, -0.05) is 19.9 Å². The quantitative estimate of drug-likeness (QED) is 0.335. The van der Waals surface area contributed by atoms with Crippen molar-refractivity contribution in [2.75, 3.05) is 73.1 Å². The molecule has 0 unspecified atom stereocenters. The van der Waals surface area contributed by atoms with Gasteiger partial charge in [0.15, 0.2) is 0 Å². The normalized spacial score (nSPS) is 9.88. The van der Waals surface area contributed by atoms with E-state index in [-0.39, 0.29) is 0 Å². The number of likely N-dealkylation sites (N-methyl/N-ethyl adjacent to an activating group) is 1. The van der Waals surface area contributed by atoms with Crippen LogP contribution in [-0.2, 0) is 23.7 Å². The lowest BCUT2D eigenvalue weighted by Gasteiger charge is -2.06. The highest BCUT2D eigenvalue weighted by Crippen LogP contribution is 1.85. The third kappa shape index (κ3) is 39.9. The van der Waals surface area contributed by atoms with Crippen LogP contribution in [0, 0.1) is 0 Å². The van der Waals surface area contributed by atoms with Crippen LogP contribution >= 0.6 is 0 Å². The van der Waals surface area contributed by atoms with Crippen LogP contribution in [0.25, 0.3) is 0 Å². The van der Waals surface area contributed by atoms with Crippen molar-refractivity contribution in [3.05, 3.63) is 12.7 Å². The molecule has 0 radical (unpaired) electrons. The van der Waals surface area contributed by atoms with Crippen molar-refractivity contribution in [2.45, 2.75) is 40.7 Å². The van der Waals surface area contributed by atoms with Crippen molar-refractivity contribution in [3.8, 4) is 0 Å². The molecule has 0 aromatic rings. The minimum Gasteiger partial charge on any atom is -0.379 e. The first-order chi connectivity index (χ1) is 12.2. The van der Waals surface area contributed by atoms with Crippen LogP contribution in [0.15, 0.2) is 12.7 Å². The van der Waals surface area contributed by atoms with E-state index in [0.717, 1.165) is 19.8 Å². The highest BCUT2D eigenvalue weighted by molar-refractivity contribution is 4.64. The Labute approximate surface area is 156 Å². The highest BCUT2D eigenvalue weighted by Gasteiger charge is 1.91. The fourth-order valence-corrected chi connectivity index (χ4v) is 1.24. The number of nitrogens with one attached hydrogen (secondary N) is 1. The Kier molecular flexibility index (Phi) is 36.6. The molecule has 0 amide bonds. The Morgan fingerprint density at radius 2 is 1.28 bits per heavy atom. The summed E-state index contributed by atoms with van der Waals surface area (Å²) in [7, 11) is 1.90. The number of rotatable bonds is 16. The van der Waals surface area contributed by atoms with Gasteiger partial charge in [-0.15, -0.1) is 6.58 Å². The number of ether oxygens (including phenoxy) is 5. The van der Waals surface area contributed by atoms with E-state index >= 15 is 0 Å². The molecule has 0 atom stereocenters. The average molecular weight is 366 g/mol. The molecule has 25 heavy (non-hydrogen) atoms. The molecule has 0 aliphatic rings. The molecule has 1 N–H and O–H groups in total. The Hall–Kier alpha value is -0.500. The van der Waals surface area contributed by atoms with E-state index in [2.05, 4.69) is 11.9 Å². The van der Waals surface area contributed by atoms with Crippen LogP contribution < -0.4 is 5.32 Å². The molecule has 0 aliphatic carbocycles. The van der Waals surface area contributed by atoms with Crippen LogP contribution in [0.4, 0.5) is 0 Å². The van der Waals surface area contributed by atoms with E-state index in [1.807, 2.05) is 41.7 Å². The van der Waals surface area contributed by atoms with Gasteiger partial charge in [0.05, 0.1) is 59.0 Å². The molecule has 6 heteroatoms. The molecule has 0 fully saturated rings. The van der Waals surface area contributed by atoms with Gasteiger partial charge in [-0.25, -0.2) is 0 Å². The molecule has 0 spiro atoms. The SMILES string of the molecule is C=CCOC(C)C.CC.CCOCCOCCOCCOCCNC. The summed E-state index contributed by atoms with van der Waals surface area (Å²) in [6.45, 7) is 20.3. The summed E-state index contributed by atoms with van der Waals surface area (Å²) in [6.07, 6.45) is 2.08. The summed E-state index contributed by atoms with van der Waals surface area (Å²) in [5.74, 6) is 0. The Morgan fingerprint density at radius 3 is 1.60 bits per heavy atom. The zero-order chi connectivity index (χ0) is 19.6. The van der Waals surface area contributed by atoms with Gasteiger partial charge in [-0.3, -0.25) is 0 Å². The van der Waals surface area contributed by atoms with Crippen LogP contribution in [-0.4, -0.2) is 79.2 Å². The van der Waals surface area contributed by atoms with Gasteiger partial charge in [-0.2, -0.15) is 0 Å². The van der Waals surface area contributed by atoms with Crippen LogP contribution in [0.2, 0.25) is 0 Å². The lowest BCUT2D eigenvalue weighted by Crippen LogP contribution is -2.17. The Morgan fingerprint density at radius 1 is 0.840 bits per heavy atom. The van der Waals surface area contributed by atoms with Gasteiger partial charge in [0.1, 0.15) is 0 Å². The first-order valence-corrected chi connectivity index (χ1v) is 9.37. The third-order valence-electron chi connectivity index (χ3n) is 2.36. The van der Waals surface area contributed by atoms with Crippen LogP contribution in [0.3, 0.4) is 0 Å². The van der Waals surface area contributed by atoms with E-state index in [0.29, 0.717) is 52.4 Å². The maximum atomic E-state index is 5.31. The topological polar surface area (TPSA) is 58.2 Å². The van der Waals surface area contributed by atoms with Crippen molar-refractivity contribution in [2.24, 2.45) is 0 Å². The molecule has 0 aromatic heterocycles. The minimum absolute atomic E-state index is 0.331. The van der Waals surface area contributed by atoms with Gasteiger partial charge < -0.3 is 29.0 Å². The maximum absolute atomic E-state index is 5.31. The van der Waals surface area contributed by atoms with E-state index in [1.165, 1.54) is 0 Å². The van der Waals surface area contributed by atoms with Crippen molar-refractivity contribution in [1.29, 1.82) is 0 Å². The van der Waals surface area contributed by atoms with E-state index in [1.54, 1.807) is 6.08 Å². The fourth-order valence-electron chi connectivity index (χ4n) is 1.24. The maximum Gasteiger partial charge on any atom is 0.0701 e. The van der Waals surface area contributed by atoms with Crippen molar-refractivity contribution >= 4 is 0 Å². The second-order valence-corrected chi connectivity index (χ2v) is 4.81. The van der Waals surface area contributed by atoms with Crippen molar-refractivity contribution < 1.29 is 23.7 Å². The summed E-state index contributed by atoms with van der Waals surface area (Å²) in [5.41, 5.74) is 0. The van der Waals surface area contributed by atoms with E-state index in [9.17, 15) is 0 Å². The van der Waals surface area contributed by atoms with Gasteiger partial charge >= 0.3 is 0 Å². The van der Waals surface area contributed by atoms with Gasteiger partial charge in [0, 0.05) is 13.2 Å². The lowest BCUT2D eigenvalue weighted by atomic mass is 10.5. The standard InChI is InChI=1S/C11H25NO4.C6H12O.C2H6/c1-3-13-6-7-15-10-11-16-9-8-14-5-4-12-2;1-4-5-7-6(2)3;1-2/h12H,3-11H2,1-2H3;4,6H,1,5H2,2-3H3;1-2H3. The first-order valence-electron chi connectivity index (χ1n) is 9.37. The van der Waals surface area contributed by atoms with Crippen LogP contribution in [0.1, 0.15) is 34.6 Å². The molecule has 0 saturated heterocycles. The van der Waals surface area contributed by atoms with Crippen molar-refractivity contribution in [1.82, 2.24) is 5.32 Å². The fraction of sp³-hybridized carbons (Fsp3) is 0.895. The molecule has 6 nitrogen and oxygen atoms in total. The van der Waals surface area contributed by atoms with Gasteiger partial charge in [0.2, 0.25) is 0 Å². The molecule has 0 aromatic carbocycles. The first kappa shape index (κ1) is 29.3. The average Bonchev–Trinajstić information content (AvgIpc) is 2.63. The van der Waals surface area contributed by atoms with E-state index in [4.69, 9.17) is 23.7 Å². The Bertz CT molecular complexity index is 202. The second-order valence-electron chi connectivity index (χ2n) is 4.81. The molecule has 0 saturated carbocycles. The minimum atomic E-state index is 0.331. The molecular formula is C19H43NO5. The molecule has 0 bridgehead atoms. The van der Waals surface area contributed by atoms with Crippen LogP contribution in [0.5, 0.6) is 0 Å². The molecule has 154 valence electrons. The smallest absolute Gasteiger partial charge is 0.0701 e. The highest BCUT2D eigenvalue weighted by atomic mass is 16.6. The monoisotopic (exact) mass is 365 g/mol. The molecule has 0 aliphatic heterocycles. The molecule has 0 heterocycles. The Balaban J connectivity index is -0.000000450. The molecule has 0 rings (SSSR count). The third-order valence-corrected chi connectivity index (χ3v) is 2.36. The van der Waals surface area contributed by atoms with E-state index < -0.39 is 0 Å². The number of hydrogen-bond acceptors (Lipinski definition) is 6. The largest absolute Gasteiger partial charge is 0.379 e. The zero-order valence-electron chi connectivity index (χ0n) is 17.5. The summed E-state index contributed by atoms with van der Waals surface area (Å²) < 4.78 is 26.1. The summed E-state index contributed by atoms with van der Waals surface area (Å²) in [5, 5.41) is 3.01. The predicted molar refractivity (Wildman–Crippen MR) is 106 cm³/mol. The van der Waals surface area contributed by atoms with Gasteiger partial charge in [-0.05, 0) is 27.8 Å². The summed E-state index contributed by atoms with van der Waals surface area (Å²) in [6, 6.07) is 0. The zero-order valence-corrected chi connectivity index (χ0v) is 17.5. The second kappa shape index (κ2) is 31.3. The predicted octanol–water partition coefficient (Wildman–Crippen LogP) is 2.92. The summed E-state index contributed by atoms with van der Waals surface area (Å²) in [4.78, 5) is 0. The molecular weight excluding hydrogens is 322 g/mol.